The molecule has 0 atom stereocenters. The second-order valence-corrected chi connectivity index (χ2v) is 1.82. The van der Waals surface area contributed by atoms with Gasteiger partial charge in [0.15, 0.2) is 0 Å². The highest BCUT2D eigenvalue weighted by Gasteiger charge is 2.01. The summed E-state index contributed by atoms with van der Waals surface area (Å²) in [5.41, 5.74) is 0.269. The van der Waals surface area contributed by atoms with E-state index in [1.165, 1.54) is 6.20 Å². The Labute approximate surface area is 63.2 Å². The summed E-state index contributed by atoms with van der Waals surface area (Å²) in [6, 6.07) is 4.93. The third-order valence-electron chi connectivity index (χ3n) is 1.09. The second-order valence-electron chi connectivity index (χ2n) is 1.82. The normalized spacial score (nSPS) is 10.2. The number of oxime groups is 1. The molecule has 0 amide bonds. The van der Waals surface area contributed by atoms with E-state index in [1.54, 1.807) is 18.2 Å². The molecule has 4 nitrogen and oxygen atoms in total. The van der Waals surface area contributed by atoms with E-state index in [1.807, 2.05) is 0 Å². The van der Waals surface area contributed by atoms with Gasteiger partial charge >= 0.3 is 0 Å². The Kier molecular flexibility index (Phi) is 2.32. The maximum absolute atomic E-state index is 10.9. The van der Waals surface area contributed by atoms with Gasteiger partial charge in [-0.3, -0.25) is 9.78 Å². The van der Waals surface area contributed by atoms with Gasteiger partial charge < -0.3 is 5.21 Å². The molecule has 0 aromatic carbocycles. The predicted octanol–water partition coefficient (Wildman–Crippen LogP) is 0.724. The number of aromatic nitrogens is 1. The van der Waals surface area contributed by atoms with Crippen LogP contribution in [0.5, 0.6) is 0 Å². The van der Waals surface area contributed by atoms with Crippen molar-refractivity contribution in [3.8, 4) is 0 Å². The molecule has 0 bridgehead atoms. The third-order valence-corrected chi connectivity index (χ3v) is 1.09. The van der Waals surface area contributed by atoms with E-state index < -0.39 is 5.78 Å². The molecule has 56 valence electrons. The van der Waals surface area contributed by atoms with Crippen LogP contribution in [0.25, 0.3) is 0 Å². The molecule has 1 aromatic heterocycles. The first-order chi connectivity index (χ1) is 5.34. The van der Waals surface area contributed by atoms with Gasteiger partial charge in [-0.15, -0.1) is 0 Å². The maximum atomic E-state index is 10.9. The van der Waals surface area contributed by atoms with Gasteiger partial charge in [-0.2, -0.15) is 0 Å². The Morgan fingerprint density at radius 2 is 2.45 bits per heavy atom. The topological polar surface area (TPSA) is 62.5 Å². The molecule has 1 heterocycles. The zero-order valence-electron chi connectivity index (χ0n) is 5.64. The Bertz CT molecular complexity index is 269. The third kappa shape index (κ3) is 1.86. The fraction of sp³-hybridized carbons (Fsp3) is 0. The van der Waals surface area contributed by atoms with E-state index in [-0.39, 0.29) is 5.69 Å². The molecule has 1 N–H and O–H groups in total. The first-order valence-electron chi connectivity index (χ1n) is 2.97. The Hall–Kier alpha value is -1.71. The van der Waals surface area contributed by atoms with E-state index in [2.05, 4.69) is 10.1 Å². The van der Waals surface area contributed by atoms with Crippen molar-refractivity contribution < 1.29 is 10.0 Å². The zero-order valence-corrected chi connectivity index (χ0v) is 5.64. The van der Waals surface area contributed by atoms with Crippen molar-refractivity contribution in [3.63, 3.8) is 0 Å². The van der Waals surface area contributed by atoms with E-state index in [0.29, 0.717) is 0 Å². The van der Waals surface area contributed by atoms with Crippen LogP contribution in [-0.2, 0) is 0 Å². The Balaban J connectivity index is 2.86. The number of rotatable bonds is 2. The number of Topliss-reactive ketones (excluding diaryl/α,β-unsaturated/α-hetero) is 1. The van der Waals surface area contributed by atoms with Gasteiger partial charge in [-0.25, -0.2) is 0 Å². The van der Waals surface area contributed by atoms with Crippen LogP contribution in [0.2, 0.25) is 0 Å². The van der Waals surface area contributed by atoms with Crippen molar-refractivity contribution in [1.29, 1.82) is 0 Å². The lowest BCUT2D eigenvalue weighted by Gasteiger charge is -1.89. The van der Waals surface area contributed by atoms with Gasteiger partial charge in [0.25, 0.3) is 0 Å². The van der Waals surface area contributed by atoms with E-state index in [0.717, 1.165) is 6.21 Å². The standard InChI is InChI=1S/C7H6N2O2/c10-7(5-9-11)6-3-1-2-4-8-6/h1-5,11H/b9-5+. The van der Waals surface area contributed by atoms with Crippen molar-refractivity contribution in [2.75, 3.05) is 0 Å². The van der Waals surface area contributed by atoms with Crippen LogP contribution < -0.4 is 0 Å². The molecule has 4 heteroatoms. The molecule has 0 spiro atoms. The number of ketones is 1. The van der Waals surface area contributed by atoms with Crippen LogP contribution in [0.15, 0.2) is 29.6 Å². The average molecular weight is 150 g/mol. The van der Waals surface area contributed by atoms with Gasteiger partial charge in [0.05, 0.1) is 0 Å². The fourth-order valence-corrected chi connectivity index (χ4v) is 0.627. The molecule has 0 unspecified atom stereocenters. The highest BCUT2D eigenvalue weighted by atomic mass is 16.4. The van der Waals surface area contributed by atoms with E-state index in [4.69, 9.17) is 5.21 Å². The van der Waals surface area contributed by atoms with Crippen LogP contribution in [0.4, 0.5) is 0 Å². The zero-order chi connectivity index (χ0) is 8.10. The van der Waals surface area contributed by atoms with Gasteiger partial charge in [-0.1, -0.05) is 11.2 Å². The molecule has 0 aliphatic heterocycles. The van der Waals surface area contributed by atoms with Crippen LogP contribution in [0.1, 0.15) is 10.5 Å². The minimum atomic E-state index is -0.409. The number of hydrogen-bond donors (Lipinski definition) is 1. The molecule has 1 rings (SSSR count). The minimum Gasteiger partial charge on any atom is -0.411 e. The van der Waals surface area contributed by atoms with Gasteiger partial charge in [0.1, 0.15) is 11.9 Å². The van der Waals surface area contributed by atoms with Crippen molar-refractivity contribution >= 4 is 12.0 Å². The molecule has 1 aromatic rings. The molecule has 11 heavy (non-hydrogen) atoms. The molecule has 0 saturated heterocycles. The molecule has 0 aliphatic carbocycles. The van der Waals surface area contributed by atoms with Crippen LogP contribution in [-0.4, -0.2) is 22.2 Å². The number of pyridine rings is 1. The number of carbonyl (C=O) groups is 1. The summed E-state index contributed by atoms with van der Waals surface area (Å²) in [7, 11) is 0. The number of hydrogen-bond acceptors (Lipinski definition) is 4. The lowest BCUT2D eigenvalue weighted by atomic mass is 10.3. The van der Waals surface area contributed by atoms with Crippen molar-refractivity contribution in [2.45, 2.75) is 0 Å². The highest BCUT2D eigenvalue weighted by molar-refractivity contribution is 6.34. The summed E-state index contributed by atoms with van der Waals surface area (Å²) in [6.07, 6.45) is 2.31. The smallest absolute Gasteiger partial charge is 0.225 e. The summed E-state index contributed by atoms with van der Waals surface area (Å²) in [5, 5.41) is 10.6. The van der Waals surface area contributed by atoms with E-state index >= 15 is 0 Å². The summed E-state index contributed by atoms with van der Waals surface area (Å²) >= 11 is 0. The van der Waals surface area contributed by atoms with Crippen LogP contribution >= 0.6 is 0 Å². The summed E-state index contributed by atoms with van der Waals surface area (Å²) in [6.45, 7) is 0. The molecular weight excluding hydrogens is 144 g/mol. The quantitative estimate of drug-likeness (QED) is 0.292. The molecule has 0 aliphatic rings. The Morgan fingerprint density at radius 3 is 3.00 bits per heavy atom. The van der Waals surface area contributed by atoms with Gasteiger partial charge in [0, 0.05) is 6.20 Å². The first-order valence-corrected chi connectivity index (χ1v) is 2.97. The largest absolute Gasteiger partial charge is 0.411 e. The molecule has 0 saturated carbocycles. The van der Waals surface area contributed by atoms with Gasteiger partial charge in [-0.05, 0) is 12.1 Å². The second kappa shape index (κ2) is 3.46. The SMILES string of the molecule is O=C(/C=N/O)c1ccccn1. The first kappa shape index (κ1) is 7.40. The monoisotopic (exact) mass is 150 g/mol. The fourth-order valence-electron chi connectivity index (χ4n) is 0.627. The van der Waals surface area contributed by atoms with Crippen molar-refractivity contribution in [3.05, 3.63) is 30.1 Å². The Morgan fingerprint density at radius 1 is 1.64 bits per heavy atom. The molecular formula is C7H6N2O2. The van der Waals surface area contributed by atoms with Gasteiger partial charge in [0.2, 0.25) is 5.78 Å². The van der Waals surface area contributed by atoms with E-state index in [9.17, 15) is 4.79 Å². The summed E-state index contributed by atoms with van der Waals surface area (Å²) in [4.78, 5) is 14.6. The maximum Gasteiger partial charge on any atom is 0.225 e. The average Bonchev–Trinajstić information content (AvgIpc) is 2.07. The lowest BCUT2D eigenvalue weighted by molar-refractivity contribution is 0.106. The lowest BCUT2D eigenvalue weighted by Crippen LogP contribution is -2.01. The highest BCUT2D eigenvalue weighted by Crippen LogP contribution is 1.92. The molecule has 0 fully saturated rings. The summed E-state index contributed by atoms with van der Waals surface area (Å²) in [5.74, 6) is -0.409. The minimum absolute atomic E-state index is 0.269. The summed E-state index contributed by atoms with van der Waals surface area (Å²) < 4.78 is 0. The van der Waals surface area contributed by atoms with Crippen LogP contribution in [0, 0.1) is 0 Å². The molecule has 0 radical (unpaired) electrons. The number of carbonyl (C=O) groups excluding carboxylic acids is 1. The van der Waals surface area contributed by atoms with Crippen LogP contribution in [0.3, 0.4) is 0 Å². The predicted molar refractivity (Wildman–Crippen MR) is 38.8 cm³/mol. The number of nitrogens with zero attached hydrogens (tertiary/aromatic N) is 2. The van der Waals surface area contributed by atoms with Crippen molar-refractivity contribution in [2.24, 2.45) is 5.16 Å². The van der Waals surface area contributed by atoms with Crippen molar-refractivity contribution in [1.82, 2.24) is 4.98 Å².